The van der Waals surface area contributed by atoms with Gasteiger partial charge in [0.25, 0.3) is 0 Å². The molecule has 4 nitrogen and oxygen atoms in total. The van der Waals surface area contributed by atoms with E-state index >= 15 is 4.39 Å². The summed E-state index contributed by atoms with van der Waals surface area (Å²) in [5, 5.41) is 10.0. The zero-order valence-electron chi connectivity index (χ0n) is 20.2. The summed E-state index contributed by atoms with van der Waals surface area (Å²) in [6.07, 6.45) is 4.16. The Bertz CT molecular complexity index is 1230. The highest BCUT2D eigenvalue weighted by Gasteiger charge is 2.29. The SMILES string of the molecule is CCN(C)Cc1ccc2c(c1)C(=C/N(C)C)/C(C)=C(C=O)/C=C(/C#N)C2c1ccc(F)cc1F. The first-order valence-corrected chi connectivity index (χ1v) is 11.1. The van der Waals surface area contributed by atoms with Crippen LogP contribution in [0.4, 0.5) is 8.78 Å². The molecule has 2 aromatic rings. The van der Waals surface area contributed by atoms with Gasteiger partial charge in [-0.15, -0.1) is 0 Å². The summed E-state index contributed by atoms with van der Waals surface area (Å²) in [5.41, 5.74) is 4.85. The van der Waals surface area contributed by atoms with E-state index in [9.17, 15) is 14.4 Å². The predicted molar refractivity (Wildman–Crippen MR) is 131 cm³/mol. The van der Waals surface area contributed by atoms with Crippen LogP contribution >= 0.6 is 0 Å². The van der Waals surface area contributed by atoms with Crippen LogP contribution in [-0.4, -0.2) is 43.8 Å². The van der Waals surface area contributed by atoms with Crippen LogP contribution in [0, 0.1) is 23.0 Å². The molecule has 0 spiro atoms. The maximum absolute atomic E-state index is 15.0. The van der Waals surface area contributed by atoms with Crippen LogP contribution in [-0.2, 0) is 11.3 Å². The van der Waals surface area contributed by atoms with Crippen molar-refractivity contribution in [2.45, 2.75) is 26.3 Å². The highest BCUT2D eigenvalue weighted by Crippen LogP contribution is 2.42. The third kappa shape index (κ3) is 5.16. The Balaban J connectivity index is 2.43. The second-order valence-electron chi connectivity index (χ2n) is 8.77. The van der Waals surface area contributed by atoms with Crippen molar-refractivity contribution < 1.29 is 13.6 Å². The van der Waals surface area contributed by atoms with Crippen molar-refractivity contribution in [1.29, 1.82) is 5.26 Å². The number of rotatable bonds is 6. The molecule has 2 aromatic carbocycles. The molecular weight excluding hydrogens is 432 g/mol. The molecule has 0 radical (unpaired) electrons. The first-order chi connectivity index (χ1) is 16.2. The molecule has 0 saturated carbocycles. The number of fused-ring (bicyclic) bond motifs is 1. The van der Waals surface area contributed by atoms with E-state index in [0.717, 1.165) is 40.4 Å². The fourth-order valence-corrected chi connectivity index (χ4v) is 4.21. The molecule has 34 heavy (non-hydrogen) atoms. The molecule has 0 bridgehead atoms. The number of carbonyl (C=O) groups is 1. The van der Waals surface area contributed by atoms with Gasteiger partial charge in [0.2, 0.25) is 0 Å². The van der Waals surface area contributed by atoms with E-state index < -0.39 is 17.6 Å². The van der Waals surface area contributed by atoms with Crippen LogP contribution in [0.1, 0.15) is 42.0 Å². The normalized spacial score (nSPS) is 20.7. The minimum absolute atomic E-state index is 0.183. The second kappa shape index (κ2) is 10.6. The molecule has 0 saturated heterocycles. The van der Waals surface area contributed by atoms with Gasteiger partial charge in [-0.2, -0.15) is 5.26 Å². The first kappa shape index (κ1) is 25.1. The Labute approximate surface area is 200 Å². The third-order valence-electron chi connectivity index (χ3n) is 6.09. The van der Waals surface area contributed by atoms with Crippen molar-refractivity contribution >= 4 is 11.9 Å². The highest BCUT2D eigenvalue weighted by molar-refractivity contribution is 5.92. The number of hydrogen-bond donors (Lipinski definition) is 0. The highest BCUT2D eigenvalue weighted by atomic mass is 19.1. The summed E-state index contributed by atoms with van der Waals surface area (Å²) in [7, 11) is 5.81. The van der Waals surface area contributed by atoms with Gasteiger partial charge in [-0.25, -0.2) is 8.78 Å². The van der Waals surface area contributed by atoms with Crippen molar-refractivity contribution in [3.63, 3.8) is 0 Å². The molecule has 0 amide bonds. The van der Waals surface area contributed by atoms with Crippen LogP contribution in [0.3, 0.4) is 0 Å². The molecule has 176 valence electrons. The van der Waals surface area contributed by atoms with E-state index in [1.807, 2.05) is 57.4 Å². The summed E-state index contributed by atoms with van der Waals surface area (Å²) in [4.78, 5) is 16.1. The Morgan fingerprint density at radius 3 is 2.38 bits per heavy atom. The van der Waals surface area contributed by atoms with E-state index in [0.29, 0.717) is 18.4 Å². The van der Waals surface area contributed by atoms with E-state index in [-0.39, 0.29) is 11.1 Å². The third-order valence-corrected chi connectivity index (χ3v) is 6.09. The van der Waals surface area contributed by atoms with Crippen molar-refractivity contribution in [3.05, 3.63) is 99.3 Å². The van der Waals surface area contributed by atoms with Gasteiger partial charge >= 0.3 is 0 Å². The first-order valence-electron chi connectivity index (χ1n) is 11.1. The molecule has 0 aliphatic heterocycles. The molecule has 1 aliphatic rings. The average Bonchev–Trinajstić information content (AvgIpc) is 2.80. The topological polar surface area (TPSA) is 47.3 Å². The number of nitrogens with zero attached hydrogens (tertiary/aromatic N) is 3. The summed E-state index contributed by atoms with van der Waals surface area (Å²) in [6, 6.07) is 11.5. The number of carbonyl (C=O) groups excluding carboxylic acids is 1. The minimum Gasteiger partial charge on any atom is -0.383 e. The van der Waals surface area contributed by atoms with Crippen molar-refractivity contribution in [2.24, 2.45) is 0 Å². The van der Waals surface area contributed by atoms with Gasteiger partial charge in [0.1, 0.15) is 17.9 Å². The molecule has 1 aliphatic carbocycles. The molecule has 1 unspecified atom stereocenters. The number of nitriles is 1. The number of aldehydes is 1. The summed E-state index contributed by atoms with van der Waals surface area (Å²) in [5.74, 6) is -2.23. The van der Waals surface area contributed by atoms with Gasteiger partial charge in [0.15, 0.2) is 0 Å². The number of hydrogen-bond acceptors (Lipinski definition) is 4. The zero-order chi connectivity index (χ0) is 25.0. The molecule has 0 heterocycles. The molecule has 0 aromatic heterocycles. The fourth-order valence-electron chi connectivity index (χ4n) is 4.21. The van der Waals surface area contributed by atoms with Gasteiger partial charge in [-0.1, -0.05) is 25.1 Å². The standard InChI is InChI=1S/C28H29F2N3O/c1-6-33(5)15-19-7-9-23-25(11-19)26(16-32(3)4)18(2)21(17-34)12-20(14-31)28(23)24-10-8-22(29)13-27(24)30/h7-13,16-17,28H,6,15H2,1-5H3/b20-12-,21-18-,26-16+. The summed E-state index contributed by atoms with van der Waals surface area (Å²) in [6.45, 7) is 5.50. The average molecular weight is 462 g/mol. The van der Waals surface area contributed by atoms with Gasteiger partial charge < -0.3 is 9.80 Å². The molecule has 6 heteroatoms. The predicted octanol–water partition coefficient (Wildman–Crippen LogP) is 5.43. The Kier molecular flexibility index (Phi) is 7.80. The van der Waals surface area contributed by atoms with E-state index in [1.54, 1.807) is 0 Å². The Morgan fingerprint density at radius 2 is 1.79 bits per heavy atom. The quantitative estimate of drug-likeness (QED) is 0.538. The van der Waals surface area contributed by atoms with E-state index in [4.69, 9.17) is 0 Å². The Hall–Kier alpha value is -3.56. The van der Waals surface area contributed by atoms with Gasteiger partial charge in [0.05, 0.1) is 6.07 Å². The molecule has 0 fully saturated rings. The van der Waals surface area contributed by atoms with E-state index in [2.05, 4.69) is 17.9 Å². The zero-order valence-corrected chi connectivity index (χ0v) is 20.2. The summed E-state index contributed by atoms with van der Waals surface area (Å²) >= 11 is 0. The van der Waals surface area contributed by atoms with Gasteiger partial charge in [-0.05, 0) is 61.0 Å². The molecule has 3 rings (SSSR count). The van der Waals surface area contributed by atoms with Gasteiger partial charge in [-0.3, -0.25) is 4.79 Å². The van der Waals surface area contributed by atoms with Gasteiger partial charge in [0, 0.05) is 61.1 Å². The lowest BCUT2D eigenvalue weighted by molar-refractivity contribution is -0.104. The Morgan fingerprint density at radius 1 is 1.09 bits per heavy atom. The number of halogens is 2. The number of allylic oxidation sites excluding steroid dienone is 5. The minimum atomic E-state index is -0.799. The maximum atomic E-state index is 15.0. The van der Waals surface area contributed by atoms with Crippen molar-refractivity contribution in [1.82, 2.24) is 9.80 Å². The lowest BCUT2D eigenvalue weighted by atomic mass is 9.76. The van der Waals surface area contributed by atoms with E-state index in [1.165, 1.54) is 18.2 Å². The largest absolute Gasteiger partial charge is 0.383 e. The van der Waals surface area contributed by atoms with Crippen molar-refractivity contribution in [3.8, 4) is 6.07 Å². The molecule has 1 atom stereocenters. The second-order valence-corrected chi connectivity index (χ2v) is 8.77. The van der Waals surface area contributed by atoms with Crippen LogP contribution in [0.2, 0.25) is 0 Å². The van der Waals surface area contributed by atoms with Crippen LogP contribution in [0.15, 0.2) is 65.4 Å². The lowest BCUT2D eigenvalue weighted by Gasteiger charge is -2.27. The fraction of sp³-hybridized carbons (Fsp3) is 0.286. The van der Waals surface area contributed by atoms with Crippen LogP contribution < -0.4 is 0 Å². The maximum Gasteiger partial charge on any atom is 0.150 e. The molecular formula is C28H29F2N3O. The monoisotopic (exact) mass is 461 g/mol. The molecule has 0 N–H and O–H groups in total. The number of benzene rings is 2. The summed E-state index contributed by atoms with van der Waals surface area (Å²) < 4.78 is 28.8. The smallest absolute Gasteiger partial charge is 0.150 e. The lowest BCUT2D eigenvalue weighted by Crippen LogP contribution is -2.18. The van der Waals surface area contributed by atoms with Crippen LogP contribution in [0.25, 0.3) is 5.57 Å². The van der Waals surface area contributed by atoms with Crippen LogP contribution in [0.5, 0.6) is 0 Å². The van der Waals surface area contributed by atoms with Crippen molar-refractivity contribution in [2.75, 3.05) is 27.7 Å².